The van der Waals surface area contributed by atoms with Crippen LogP contribution in [0.4, 0.5) is 0 Å². The molecule has 1 amide bonds. The van der Waals surface area contributed by atoms with Gasteiger partial charge in [-0.05, 0) is 24.0 Å². The summed E-state index contributed by atoms with van der Waals surface area (Å²) in [5.74, 6) is -1.11. The largest absolute Gasteiger partial charge is 0.479 e. The van der Waals surface area contributed by atoms with Gasteiger partial charge in [-0.2, -0.15) is 0 Å². The van der Waals surface area contributed by atoms with Gasteiger partial charge in [0, 0.05) is 18.3 Å². The maximum absolute atomic E-state index is 12.5. The first-order chi connectivity index (χ1) is 10.7. The van der Waals surface area contributed by atoms with Gasteiger partial charge in [-0.15, -0.1) is 11.3 Å². The molecule has 0 saturated heterocycles. The number of carboxylic acid groups (broad SMARTS) is 1. The molecule has 1 N–H and O–H groups in total. The second-order valence-electron chi connectivity index (χ2n) is 5.26. The average molecular weight is 316 g/mol. The van der Waals surface area contributed by atoms with Crippen LogP contribution in [0.5, 0.6) is 0 Å². The molecule has 1 aromatic carbocycles. The Kier molecular flexibility index (Phi) is 4.20. The number of benzene rings is 1. The molecule has 2 heterocycles. The first-order valence-corrected chi connectivity index (χ1v) is 8.08. The fraction of sp³-hybridized carbons (Fsp3) is 0.312. The lowest BCUT2D eigenvalue weighted by Gasteiger charge is -2.34. The summed E-state index contributed by atoms with van der Waals surface area (Å²) in [5.41, 5.74) is 4.35. The van der Waals surface area contributed by atoms with Gasteiger partial charge in [0.2, 0.25) is 5.91 Å². The predicted molar refractivity (Wildman–Crippen MR) is 82.7 cm³/mol. The standard InChI is InChI=1S/C16H16N2O3S/c19-14(6-5-12-9-22-10-17-12)18-8-7-11-3-1-2-4-13(11)15(18)16(20)21/h1-4,9-10,15H,5-8H2,(H,20,21)/t15-/m0/s1. The van der Waals surface area contributed by atoms with E-state index in [1.807, 2.05) is 23.6 Å². The molecule has 114 valence electrons. The summed E-state index contributed by atoms with van der Waals surface area (Å²) in [6.07, 6.45) is 1.53. The zero-order chi connectivity index (χ0) is 15.5. The van der Waals surface area contributed by atoms with Crippen molar-refractivity contribution in [1.82, 2.24) is 9.88 Å². The van der Waals surface area contributed by atoms with E-state index in [0.29, 0.717) is 19.4 Å². The lowest BCUT2D eigenvalue weighted by molar-refractivity contribution is -0.151. The maximum Gasteiger partial charge on any atom is 0.331 e. The number of aromatic nitrogens is 1. The highest BCUT2D eigenvalue weighted by Gasteiger charge is 2.35. The van der Waals surface area contributed by atoms with E-state index in [4.69, 9.17) is 0 Å². The number of carbonyl (C=O) groups is 2. The molecule has 5 nitrogen and oxygen atoms in total. The molecule has 0 spiro atoms. The van der Waals surface area contributed by atoms with Gasteiger partial charge in [0.15, 0.2) is 6.04 Å². The summed E-state index contributed by atoms with van der Waals surface area (Å²) in [4.78, 5) is 29.8. The quantitative estimate of drug-likeness (QED) is 0.939. The fourth-order valence-electron chi connectivity index (χ4n) is 2.84. The van der Waals surface area contributed by atoms with Gasteiger partial charge in [-0.3, -0.25) is 4.79 Å². The molecule has 0 aliphatic carbocycles. The van der Waals surface area contributed by atoms with E-state index in [9.17, 15) is 14.7 Å². The van der Waals surface area contributed by atoms with Crippen molar-refractivity contribution in [3.05, 3.63) is 52.0 Å². The lowest BCUT2D eigenvalue weighted by Crippen LogP contribution is -2.43. The molecule has 1 aliphatic rings. The number of aliphatic carboxylic acids is 1. The minimum Gasteiger partial charge on any atom is -0.479 e. The molecule has 0 bridgehead atoms. The van der Waals surface area contributed by atoms with E-state index in [2.05, 4.69) is 4.98 Å². The van der Waals surface area contributed by atoms with Crippen LogP contribution in [0.3, 0.4) is 0 Å². The Hall–Kier alpha value is -2.21. The Labute approximate surface area is 132 Å². The number of fused-ring (bicyclic) bond motifs is 1. The number of thiazole rings is 1. The number of carboxylic acids is 1. The minimum atomic E-state index is -0.978. The molecule has 3 rings (SSSR count). The van der Waals surface area contributed by atoms with Gasteiger partial charge >= 0.3 is 5.97 Å². The van der Waals surface area contributed by atoms with E-state index in [-0.39, 0.29) is 12.3 Å². The summed E-state index contributed by atoms with van der Waals surface area (Å²) < 4.78 is 0. The Morgan fingerprint density at radius 1 is 1.36 bits per heavy atom. The second kappa shape index (κ2) is 6.27. The van der Waals surface area contributed by atoms with Crippen LogP contribution in [-0.4, -0.2) is 33.4 Å². The predicted octanol–water partition coefficient (Wildman–Crippen LogP) is 2.29. The summed E-state index contributed by atoms with van der Waals surface area (Å²) in [6, 6.07) is 6.57. The number of carbonyl (C=O) groups excluding carboxylic acids is 1. The van der Waals surface area contributed by atoms with Gasteiger partial charge in [-0.1, -0.05) is 24.3 Å². The van der Waals surface area contributed by atoms with E-state index >= 15 is 0 Å². The van der Waals surface area contributed by atoms with Crippen LogP contribution in [0.1, 0.15) is 29.3 Å². The van der Waals surface area contributed by atoms with Crippen molar-refractivity contribution in [2.45, 2.75) is 25.3 Å². The molecule has 1 aromatic heterocycles. The zero-order valence-electron chi connectivity index (χ0n) is 11.9. The highest BCUT2D eigenvalue weighted by atomic mass is 32.1. The monoisotopic (exact) mass is 316 g/mol. The summed E-state index contributed by atoms with van der Waals surface area (Å²) in [6.45, 7) is 0.448. The molecule has 1 aliphatic heterocycles. The van der Waals surface area contributed by atoms with Crippen molar-refractivity contribution in [3.63, 3.8) is 0 Å². The van der Waals surface area contributed by atoms with Crippen LogP contribution in [0.15, 0.2) is 35.2 Å². The fourth-order valence-corrected chi connectivity index (χ4v) is 3.43. The first-order valence-electron chi connectivity index (χ1n) is 7.14. The highest BCUT2D eigenvalue weighted by molar-refractivity contribution is 7.07. The number of amides is 1. The van der Waals surface area contributed by atoms with E-state index in [1.165, 1.54) is 16.2 Å². The number of hydrogen-bond acceptors (Lipinski definition) is 4. The average Bonchev–Trinajstić information content (AvgIpc) is 3.04. The number of aryl methyl sites for hydroxylation is 1. The van der Waals surface area contributed by atoms with Crippen LogP contribution in [-0.2, 0) is 22.4 Å². The van der Waals surface area contributed by atoms with Gasteiger partial charge in [-0.25, -0.2) is 9.78 Å². The summed E-state index contributed by atoms with van der Waals surface area (Å²) >= 11 is 1.49. The highest BCUT2D eigenvalue weighted by Crippen LogP contribution is 2.30. The first kappa shape index (κ1) is 14.7. The van der Waals surface area contributed by atoms with E-state index < -0.39 is 12.0 Å². The summed E-state index contributed by atoms with van der Waals surface area (Å²) in [7, 11) is 0. The Balaban J connectivity index is 1.78. The van der Waals surface area contributed by atoms with E-state index in [1.54, 1.807) is 11.6 Å². The molecule has 22 heavy (non-hydrogen) atoms. The van der Waals surface area contributed by atoms with Crippen molar-refractivity contribution in [1.29, 1.82) is 0 Å². The molecule has 2 aromatic rings. The molecule has 0 saturated carbocycles. The molecule has 1 atom stereocenters. The van der Waals surface area contributed by atoms with Crippen molar-refractivity contribution < 1.29 is 14.7 Å². The SMILES string of the molecule is O=C(O)[C@@H]1c2ccccc2CCN1C(=O)CCc1cscn1. The maximum atomic E-state index is 12.5. The number of nitrogens with zero attached hydrogens (tertiary/aromatic N) is 2. The number of hydrogen-bond donors (Lipinski definition) is 1. The van der Waals surface area contributed by atoms with Crippen LogP contribution in [0.2, 0.25) is 0 Å². The van der Waals surface area contributed by atoms with Gasteiger partial charge in [0.25, 0.3) is 0 Å². The Bertz CT molecular complexity index is 684. The third kappa shape index (κ3) is 2.87. The third-order valence-electron chi connectivity index (χ3n) is 3.92. The van der Waals surface area contributed by atoms with Gasteiger partial charge in [0.1, 0.15) is 0 Å². The van der Waals surface area contributed by atoms with Crippen molar-refractivity contribution in [2.24, 2.45) is 0 Å². The van der Waals surface area contributed by atoms with Gasteiger partial charge < -0.3 is 10.0 Å². The van der Waals surface area contributed by atoms with Crippen LogP contribution in [0.25, 0.3) is 0 Å². The van der Waals surface area contributed by atoms with Crippen molar-refractivity contribution >= 4 is 23.2 Å². The zero-order valence-corrected chi connectivity index (χ0v) is 12.8. The third-order valence-corrected chi connectivity index (χ3v) is 4.55. The van der Waals surface area contributed by atoms with Crippen molar-refractivity contribution in [3.8, 4) is 0 Å². The second-order valence-corrected chi connectivity index (χ2v) is 5.98. The normalized spacial score (nSPS) is 17.1. The van der Waals surface area contributed by atoms with Crippen LogP contribution in [0, 0.1) is 0 Å². The number of rotatable bonds is 4. The molecule has 0 fully saturated rings. The molecule has 0 unspecified atom stereocenters. The van der Waals surface area contributed by atoms with Crippen LogP contribution >= 0.6 is 11.3 Å². The van der Waals surface area contributed by atoms with Crippen LogP contribution < -0.4 is 0 Å². The summed E-state index contributed by atoms with van der Waals surface area (Å²) in [5, 5.41) is 11.5. The van der Waals surface area contributed by atoms with E-state index in [0.717, 1.165) is 16.8 Å². The molecular weight excluding hydrogens is 300 g/mol. The topological polar surface area (TPSA) is 70.5 Å². The minimum absolute atomic E-state index is 0.130. The lowest BCUT2D eigenvalue weighted by atomic mass is 9.92. The molecule has 6 heteroatoms. The molecular formula is C16H16N2O3S. The molecule has 0 radical (unpaired) electrons. The van der Waals surface area contributed by atoms with Gasteiger partial charge in [0.05, 0.1) is 11.2 Å². The van der Waals surface area contributed by atoms with Crippen molar-refractivity contribution in [2.75, 3.05) is 6.54 Å². The Morgan fingerprint density at radius 3 is 2.91 bits per heavy atom. The Morgan fingerprint density at radius 2 is 2.18 bits per heavy atom. The smallest absolute Gasteiger partial charge is 0.331 e.